The molecule has 3 heteroatoms. The van der Waals surface area contributed by atoms with Crippen molar-refractivity contribution in [2.45, 2.75) is 19.8 Å². The number of nitrogens with zero attached hydrogens (tertiary/aromatic N) is 1. The van der Waals surface area contributed by atoms with Gasteiger partial charge in [-0.2, -0.15) is 0 Å². The van der Waals surface area contributed by atoms with E-state index in [0.29, 0.717) is 18.4 Å². The van der Waals surface area contributed by atoms with E-state index >= 15 is 0 Å². The number of hydrogen-bond acceptors (Lipinski definition) is 1. The molecular formula is C12H14ClNO. The molecule has 1 amide bonds. The topological polar surface area (TPSA) is 20.3 Å². The number of hydrogen-bond donors (Lipinski definition) is 0. The minimum absolute atomic E-state index is 0.384. The Labute approximate surface area is 94.8 Å². The highest BCUT2D eigenvalue weighted by Gasteiger charge is 2.32. The molecule has 2 rings (SSSR count). The van der Waals surface area contributed by atoms with E-state index in [1.807, 2.05) is 18.2 Å². The number of carbonyl (C=O) groups excluding carboxylic acids is 1. The fraction of sp³-hybridized carbons (Fsp3) is 0.417. The first-order valence-electron chi connectivity index (χ1n) is 5.17. The fourth-order valence-electron chi connectivity index (χ4n) is 2.18. The molecule has 0 spiro atoms. The normalized spacial score (nSPS) is 19.5. The lowest BCUT2D eigenvalue weighted by molar-refractivity contribution is 0.264. The molecule has 0 saturated heterocycles. The van der Waals surface area contributed by atoms with Crippen molar-refractivity contribution in [3.63, 3.8) is 0 Å². The molecule has 0 N–H and O–H groups in total. The monoisotopic (exact) mass is 223 g/mol. The largest absolute Gasteiger partial charge is 0.320 e. The van der Waals surface area contributed by atoms with Crippen molar-refractivity contribution >= 4 is 22.7 Å². The predicted octanol–water partition coefficient (Wildman–Crippen LogP) is 3.61. The van der Waals surface area contributed by atoms with Crippen LogP contribution in [0.4, 0.5) is 10.5 Å². The number of carbonyl (C=O) groups is 1. The number of anilines is 1. The van der Waals surface area contributed by atoms with Crippen LogP contribution in [-0.4, -0.2) is 11.9 Å². The van der Waals surface area contributed by atoms with Crippen molar-refractivity contribution in [2.24, 2.45) is 5.92 Å². The van der Waals surface area contributed by atoms with E-state index < -0.39 is 0 Å². The van der Waals surface area contributed by atoms with Gasteiger partial charge in [0.25, 0.3) is 0 Å². The number of para-hydroxylation sites is 1. The number of rotatable bonds is 1. The van der Waals surface area contributed by atoms with E-state index in [0.717, 1.165) is 5.69 Å². The first-order chi connectivity index (χ1) is 7.11. The van der Waals surface area contributed by atoms with Crippen LogP contribution in [0.2, 0.25) is 0 Å². The summed E-state index contributed by atoms with van der Waals surface area (Å²) in [7, 11) is 0. The molecule has 15 heavy (non-hydrogen) atoms. The number of benzene rings is 1. The molecule has 0 fully saturated rings. The third-order valence-electron chi connectivity index (χ3n) is 3.02. The van der Waals surface area contributed by atoms with E-state index in [2.05, 4.69) is 19.9 Å². The quantitative estimate of drug-likeness (QED) is 0.526. The van der Waals surface area contributed by atoms with E-state index in [9.17, 15) is 4.79 Å². The van der Waals surface area contributed by atoms with Crippen molar-refractivity contribution in [1.82, 2.24) is 0 Å². The molecule has 2 nitrogen and oxygen atoms in total. The summed E-state index contributed by atoms with van der Waals surface area (Å²) >= 11 is 5.57. The zero-order valence-corrected chi connectivity index (χ0v) is 9.66. The van der Waals surface area contributed by atoms with Gasteiger partial charge in [0.05, 0.1) is 0 Å². The summed E-state index contributed by atoms with van der Waals surface area (Å²) in [4.78, 5) is 12.9. The molecule has 80 valence electrons. The van der Waals surface area contributed by atoms with Crippen LogP contribution in [0.1, 0.15) is 25.3 Å². The summed E-state index contributed by atoms with van der Waals surface area (Å²) in [5.74, 6) is 0.927. The Morgan fingerprint density at radius 1 is 1.47 bits per heavy atom. The van der Waals surface area contributed by atoms with Crippen LogP contribution in [0.5, 0.6) is 0 Å². The van der Waals surface area contributed by atoms with E-state index in [1.54, 1.807) is 4.90 Å². The second kappa shape index (κ2) is 3.86. The van der Waals surface area contributed by atoms with E-state index in [1.165, 1.54) is 5.56 Å². The highest BCUT2D eigenvalue weighted by Crippen LogP contribution is 2.40. The first kappa shape index (κ1) is 10.5. The summed E-state index contributed by atoms with van der Waals surface area (Å²) in [6.07, 6.45) is 0. The van der Waals surface area contributed by atoms with Crippen LogP contribution in [0.25, 0.3) is 0 Å². The smallest absolute Gasteiger partial charge is 0.298 e. The summed E-state index contributed by atoms with van der Waals surface area (Å²) in [5.41, 5.74) is 2.21. The summed E-state index contributed by atoms with van der Waals surface area (Å²) in [5, 5.41) is -0.384. The minimum Gasteiger partial charge on any atom is -0.298 e. The molecule has 1 atom stereocenters. The molecule has 1 aromatic carbocycles. The summed E-state index contributed by atoms with van der Waals surface area (Å²) < 4.78 is 0. The van der Waals surface area contributed by atoms with Crippen LogP contribution >= 0.6 is 11.6 Å². The SMILES string of the molecule is CC(C)C1CN(C(=O)Cl)c2ccccc21. The van der Waals surface area contributed by atoms with Crippen molar-refractivity contribution in [1.29, 1.82) is 0 Å². The third kappa shape index (κ3) is 1.74. The molecule has 0 aromatic heterocycles. The van der Waals surface area contributed by atoms with Crippen LogP contribution in [-0.2, 0) is 0 Å². The number of amides is 1. The van der Waals surface area contributed by atoms with Gasteiger partial charge >= 0.3 is 5.37 Å². The maximum atomic E-state index is 11.3. The standard InChI is InChI=1S/C12H14ClNO/c1-8(2)10-7-14(12(13)15)11-6-4-3-5-9(10)11/h3-6,8,10H,7H2,1-2H3. The minimum atomic E-state index is -0.384. The van der Waals surface area contributed by atoms with Crippen LogP contribution in [0.15, 0.2) is 24.3 Å². The Kier molecular flexibility index (Phi) is 2.70. The third-order valence-corrected chi connectivity index (χ3v) is 3.23. The zero-order chi connectivity index (χ0) is 11.0. The average molecular weight is 224 g/mol. The van der Waals surface area contributed by atoms with Gasteiger partial charge in [-0.25, -0.2) is 0 Å². The van der Waals surface area contributed by atoms with Crippen molar-refractivity contribution in [3.05, 3.63) is 29.8 Å². The van der Waals surface area contributed by atoms with Crippen molar-refractivity contribution in [2.75, 3.05) is 11.4 Å². The Morgan fingerprint density at radius 2 is 2.13 bits per heavy atom. The molecule has 1 aromatic rings. The molecular weight excluding hydrogens is 210 g/mol. The van der Waals surface area contributed by atoms with Gasteiger partial charge in [-0.1, -0.05) is 32.0 Å². The predicted molar refractivity (Wildman–Crippen MR) is 62.6 cm³/mol. The maximum Gasteiger partial charge on any atom is 0.320 e. The lowest BCUT2D eigenvalue weighted by Crippen LogP contribution is -2.25. The average Bonchev–Trinajstić information content (AvgIpc) is 2.56. The lowest BCUT2D eigenvalue weighted by atomic mass is 9.90. The van der Waals surface area contributed by atoms with Gasteiger partial charge in [0.2, 0.25) is 0 Å². The molecule has 0 aliphatic carbocycles. The van der Waals surface area contributed by atoms with Crippen LogP contribution in [0, 0.1) is 5.92 Å². The number of fused-ring (bicyclic) bond motifs is 1. The van der Waals surface area contributed by atoms with E-state index in [4.69, 9.17) is 11.6 Å². The van der Waals surface area contributed by atoms with E-state index in [-0.39, 0.29) is 5.37 Å². The van der Waals surface area contributed by atoms with Gasteiger partial charge in [-0.05, 0) is 29.1 Å². The van der Waals surface area contributed by atoms with Crippen LogP contribution in [0.3, 0.4) is 0 Å². The summed E-state index contributed by atoms with van der Waals surface area (Å²) in [6.45, 7) is 5.05. The molecule has 0 bridgehead atoms. The Bertz CT molecular complexity index is 389. The summed E-state index contributed by atoms with van der Waals surface area (Å²) in [6, 6.07) is 7.99. The van der Waals surface area contributed by atoms with Gasteiger partial charge < -0.3 is 0 Å². The molecule has 0 radical (unpaired) electrons. The van der Waals surface area contributed by atoms with Gasteiger partial charge in [0, 0.05) is 18.2 Å². The second-order valence-electron chi connectivity index (χ2n) is 4.27. The van der Waals surface area contributed by atoms with Gasteiger partial charge in [-0.15, -0.1) is 0 Å². The van der Waals surface area contributed by atoms with Gasteiger partial charge in [0.15, 0.2) is 0 Å². The maximum absolute atomic E-state index is 11.3. The Morgan fingerprint density at radius 3 is 2.73 bits per heavy atom. The fourth-order valence-corrected chi connectivity index (χ4v) is 2.34. The second-order valence-corrected chi connectivity index (χ2v) is 4.60. The highest BCUT2D eigenvalue weighted by molar-refractivity contribution is 6.66. The molecule has 1 unspecified atom stereocenters. The van der Waals surface area contributed by atoms with Crippen molar-refractivity contribution in [3.8, 4) is 0 Å². The number of halogens is 1. The van der Waals surface area contributed by atoms with Gasteiger partial charge in [-0.3, -0.25) is 9.69 Å². The molecule has 1 aliphatic heterocycles. The highest BCUT2D eigenvalue weighted by atomic mass is 35.5. The first-order valence-corrected chi connectivity index (χ1v) is 5.55. The van der Waals surface area contributed by atoms with Gasteiger partial charge in [0.1, 0.15) is 0 Å². The Hall–Kier alpha value is -1.02. The van der Waals surface area contributed by atoms with Crippen LogP contribution < -0.4 is 4.90 Å². The molecule has 1 aliphatic rings. The lowest BCUT2D eigenvalue weighted by Gasteiger charge is -2.15. The zero-order valence-electron chi connectivity index (χ0n) is 8.90. The Balaban J connectivity index is 2.44. The molecule has 0 saturated carbocycles. The van der Waals surface area contributed by atoms with Crippen molar-refractivity contribution < 1.29 is 4.79 Å². The molecule has 1 heterocycles.